The van der Waals surface area contributed by atoms with Crippen LogP contribution < -0.4 is 10.6 Å². The number of imide groups is 1. The third-order valence-electron chi connectivity index (χ3n) is 2.99. The molecule has 0 bridgehead atoms. The molecule has 3 rings (SSSR count). The van der Waals surface area contributed by atoms with E-state index in [0.29, 0.717) is 16.9 Å². The van der Waals surface area contributed by atoms with E-state index in [9.17, 15) is 9.59 Å². The van der Waals surface area contributed by atoms with Gasteiger partial charge in [0.05, 0.1) is 21.8 Å². The second kappa shape index (κ2) is 4.10. The van der Waals surface area contributed by atoms with Crippen LogP contribution in [0, 0.1) is 0 Å². The number of nitrogens with zero attached hydrogens (tertiary/aromatic N) is 1. The zero-order valence-electron chi connectivity index (χ0n) is 9.76. The van der Waals surface area contributed by atoms with Crippen LogP contribution in [0.3, 0.4) is 0 Å². The van der Waals surface area contributed by atoms with Crippen LogP contribution in [0.25, 0.3) is 0 Å². The summed E-state index contributed by atoms with van der Waals surface area (Å²) >= 11 is 5.99. The molecule has 0 saturated carbocycles. The minimum absolute atomic E-state index is 0.247. The summed E-state index contributed by atoms with van der Waals surface area (Å²) in [5, 5.41) is 0.280. The van der Waals surface area contributed by atoms with Crippen molar-refractivity contribution in [3.63, 3.8) is 0 Å². The largest absolute Gasteiger partial charge is 0.399 e. The first-order valence-corrected chi connectivity index (χ1v) is 6.00. The molecule has 0 aromatic heterocycles. The van der Waals surface area contributed by atoms with Gasteiger partial charge in [0.25, 0.3) is 11.8 Å². The average molecular weight is 273 g/mol. The molecule has 2 aromatic rings. The molecule has 94 valence electrons. The summed E-state index contributed by atoms with van der Waals surface area (Å²) in [6, 6.07) is 11.4. The lowest BCUT2D eigenvalue weighted by atomic mass is 10.1. The second-order valence-electron chi connectivity index (χ2n) is 4.20. The van der Waals surface area contributed by atoms with Crippen LogP contribution in [0.15, 0.2) is 42.5 Å². The van der Waals surface area contributed by atoms with Crippen LogP contribution in [0.1, 0.15) is 20.7 Å². The van der Waals surface area contributed by atoms with Gasteiger partial charge in [-0.1, -0.05) is 23.7 Å². The summed E-state index contributed by atoms with van der Waals surface area (Å²) in [4.78, 5) is 25.7. The van der Waals surface area contributed by atoms with Gasteiger partial charge in [0, 0.05) is 5.69 Å². The van der Waals surface area contributed by atoms with Gasteiger partial charge < -0.3 is 5.73 Å². The zero-order chi connectivity index (χ0) is 13.6. The number of hydrogen-bond donors (Lipinski definition) is 1. The van der Waals surface area contributed by atoms with Crippen molar-refractivity contribution >= 4 is 34.8 Å². The van der Waals surface area contributed by atoms with Gasteiger partial charge in [0.1, 0.15) is 0 Å². The maximum Gasteiger partial charge on any atom is 0.267 e. The van der Waals surface area contributed by atoms with Crippen molar-refractivity contribution in [1.29, 1.82) is 0 Å². The smallest absolute Gasteiger partial charge is 0.267 e. The molecule has 0 fully saturated rings. The molecule has 0 unspecified atom stereocenters. The summed E-state index contributed by atoms with van der Waals surface area (Å²) in [7, 11) is 0. The van der Waals surface area contributed by atoms with Gasteiger partial charge in [-0.2, -0.15) is 0 Å². The van der Waals surface area contributed by atoms with Crippen molar-refractivity contribution in [3.05, 3.63) is 58.6 Å². The SMILES string of the molecule is Nc1cccc(N2C(=O)c3cccc(Cl)c3C2=O)c1. The number of amides is 2. The lowest BCUT2D eigenvalue weighted by Crippen LogP contribution is -2.29. The Morgan fingerprint density at radius 1 is 1.00 bits per heavy atom. The average Bonchev–Trinajstić information content (AvgIpc) is 2.63. The monoisotopic (exact) mass is 272 g/mol. The molecule has 1 aliphatic rings. The number of halogens is 1. The van der Waals surface area contributed by atoms with E-state index in [0.717, 1.165) is 4.90 Å². The van der Waals surface area contributed by atoms with Crippen LogP contribution in [-0.4, -0.2) is 11.8 Å². The Kier molecular flexibility index (Phi) is 2.54. The number of nitrogens with two attached hydrogens (primary N) is 1. The number of fused-ring (bicyclic) bond motifs is 1. The van der Waals surface area contributed by atoms with Crippen molar-refractivity contribution in [2.75, 3.05) is 10.6 Å². The highest BCUT2D eigenvalue weighted by Gasteiger charge is 2.38. The predicted molar refractivity (Wildman–Crippen MR) is 73.4 cm³/mol. The number of carbonyl (C=O) groups is 2. The fourth-order valence-corrected chi connectivity index (χ4v) is 2.40. The van der Waals surface area contributed by atoms with Crippen LogP contribution in [0.5, 0.6) is 0 Å². The Hall–Kier alpha value is -2.33. The van der Waals surface area contributed by atoms with Gasteiger partial charge in [0.2, 0.25) is 0 Å². The molecule has 2 amide bonds. The number of nitrogen functional groups attached to an aromatic ring is 1. The Morgan fingerprint density at radius 3 is 2.42 bits per heavy atom. The van der Waals surface area contributed by atoms with Crippen molar-refractivity contribution in [1.82, 2.24) is 0 Å². The first-order chi connectivity index (χ1) is 9.09. The van der Waals surface area contributed by atoms with E-state index in [1.807, 2.05) is 0 Å². The van der Waals surface area contributed by atoms with E-state index in [4.69, 9.17) is 17.3 Å². The highest BCUT2D eigenvalue weighted by Crippen LogP contribution is 2.32. The molecule has 2 aromatic carbocycles. The molecular formula is C14H9ClN2O2. The molecule has 0 radical (unpaired) electrons. The lowest BCUT2D eigenvalue weighted by Gasteiger charge is -2.14. The van der Waals surface area contributed by atoms with Gasteiger partial charge in [-0.3, -0.25) is 9.59 Å². The Balaban J connectivity index is 2.16. The van der Waals surface area contributed by atoms with Crippen LogP contribution in [0.2, 0.25) is 5.02 Å². The lowest BCUT2D eigenvalue weighted by molar-refractivity contribution is 0.0926. The fraction of sp³-hybridized carbons (Fsp3) is 0. The molecule has 1 aliphatic heterocycles. The Labute approximate surface area is 114 Å². The molecular weight excluding hydrogens is 264 g/mol. The quantitative estimate of drug-likeness (QED) is 0.641. The molecule has 1 heterocycles. The molecule has 19 heavy (non-hydrogen) atoms. The molecule has 2 N–H and O–H groups in total. The fourth-order valence-electron chi connectivity index (χ4n) is 2.14. The van der Waals surface area contributed by atoms with E-state index in [1.165, 1.54) is 0 Å². The molecule has 0 saturated heterocycles. The normalized spacial score (nSPS) is 13.8. The maximum atomic E-state index is 12.3. The van der Waals surface area contributed by atoms with Crippen molar-refractivity contribution < 1.29 is 9.59 Å². The van der Waals surface area contributed by atoms with Gasteiger partial charge >= 0.3 is 0 Å². The Morgan fingerprint density at radius 2 is 1.74 bits per heavy atom. The van der Waals surface area contributed by atoms with Crippen molar-refractivity contribution in [2.45, 2.75) is 0 Å². The highest BCUT2D eigenvalue weighted by atomic mass is 35.5. The standard InChI is InChI=1S/C14H9ClN2O2/c15-11-6-2-5-10-12(11)14(19)17(13(10)18)9-4-1-3-8(16)7-9/h1-7H,16H2. The summed E-state index contributed by atoms with van der Waals surface area (Å²) in [6.07, 6.45) is 0. The second-order valence-corrected chi connectivity index (χ2v) is 4.61. The number of carbonyl (C=O) groups excluding carboxylic acids is 2. The van der Waals surface area contributed by atoms with Crippen LogP contribution in [-0.2, 0) is 0 Å². The minimum Gasteiger partial charge on any atom is -0.399 e. The van der Waals surface area contributed by atoms with Gasteiger partial charge in [-0.05, 0) is 30.3 Å². The summed E-state index contributed by atoms with van der Waals surface area (Å²) in [6.45, 7) is 0. The van der Waals surface area contributed by atoms with E-state index in [1.54, 1.807) is 42.5 Å². The number of anilines is 2. The van der Waals surface area contributed by atoms with E-state index < -0.39 is 5.91 Å². The van der Waals surface area contributed by atoms with Crippen LogP contribution >= 0.6 is 11.6 Å². The first-order valence-electron chi connectivity index (χ1n) is 5.62. The predicted octanol–water partition coefficient (Wildman–Crippen LogP) is 2.72. The topological polar surface area (TPSA) is 63.4 Å². The molecule has 0 spiro atoms. The zero-order valence-corrected chi connectivity index (χ0v) is 10.5. The van der Waals surface area contributed by atoms with Crippen LogP contribution in [0.4, 0.5) is 11.4 Å². The first kappa shape index (κ1) is 11.7. The molecule has 5 heteroatoms. The third kappa shape index (κ3) is 1.69. The molecule has 0 atom stereocenters. The number of hydrogen-bond acceptors (Lipinski definition) is 3. The number of rotatable bonds is 1. The highest BCUT2D eigenvalue weighted by molar-refractivity contribution is 6.42. The van der Waals surface area contributed by atoms with Crippen molar-refractivity contribution in [3.8, 4) is 0 Å². The Bertz CT molecular complexity index is 712. The van der Waals surface area contributed by atoms with Gasteiger partial charge in [-0.25, -0.2) is 4.90 Å². The third-order valence-corrected chi connectivity index (χ3v) is 3.31. The van der Waals surface area contributed by atoms with E-state index in [2.05, 4.69) is 0 Å². The van der Waals surface area contributed by atoms with Gasteiger partial charge in [-0.15, -0.1) is 0 Å². The van der Waals surface area contributed by atoms with Crippen molar-refractivity contribution in [2.24, 2.45) is 0 Å². The van der Waals surface area contributed by atoms with E-state index >= 15 is 0 Å². The molecule has 4 nitrogen and oxygen atoms in total. The van der Waals surface area contributed by atoms with Gasteiger partial charge in [0.15, 0.2) is 0 Å². The number of benzene rings is 2. The maximum absolute atomic E-state index is 12.3. The van der Waals surface area contributed by atoms with E-state index in [-0.39, 0.29) is 16.5 Å². The summed E-state index contributed by atoms with van der Waals surface area (Å²) in [5.74, 6) is -0.802. The summed E-state index contributed by atoms with van der Waals surface area (Å²) in [5.41, 5.74) is 7.18. The molecule has 0 aliphatic carbocycles. The minimum atomic E-state index is -0.420. The summed E-state index contributed by atoms with van der Waals surface area (Å²) < 4.78 is 0.